The quantitative estimate of drug-likeness (QED) is 0.791. The Morgan fingerprint density at radius 1 is 1.43 bits per heavy atom. The number of nitrogen functional groups attached to an aromatic ring is 1. The molecule has 6 nitrogen and oxygen atoms in total. The number of nitrogens with zero attached hydrogens (tertiary/aromatic N) is 3. The third-order valence-corrected chi connectivity index (χ3v) is 3.20. The fourth-order valence-electron chi connectivity index (χ4n) is 1.99. The lowest BCUT2D eigenvalue weighted by molar-refractivity contribution is 0.748. The normalized spacial score (nSPS) is 10.6. The van der Waals surface area contributed by atoms with Crippen molar-refractivity contribution in [2.45, 2.75) is 33.2 Å². The van der Waals surface area contributed by atoms with E-state index in [-0.39, 0.29) is 11.5 Å². The lowest BCUT2D eigenvalue weighted by Gasteiger charge is -2.12. The summed E-state index contributed by atoms with van der Waals surface area (Å²) >= 11 is 0. The van der Waals surface area contributed by atoms with Crippen LogP contribution in [0.1, 0.15) is 30.9 Å². The van der Waals surface area contributed by atoms with Gasteiger partial charge in [-0.1, -0.05) is 13.3 Å². The first-order valence-electron chi connectivity index (χ1n) is 7.12. The molecule has 0 aromatic carbocycles. The molecule has 0 fully saturated rings. The summed E-state index contributed by atoms with van der Waals surface area (Å²) < 4.78 is 1.63. The average Bonchev–Trinajstić information content (AvgIpc) is 2.44. The fourth-order valence-corrected chi connectivity index (χ4v) is 1.99. The van der Waals surface area contributed by atoms with Gasteiger partial charge in [0, 0.05) is 30.6 Å². The maximum atomic E-state index is 12.0. The van der Waals surface area contributed by atoms with E-state index in [0.29, 0.717) is 12.4 Å². The van der Waals surface area contributed by atoms with Gasteiger partial charge in [0.2, 0.25) is 5.95 Å². The Balaban J connectivity index is 2.24. The Labute approximate surface area is 124 Å². The molecule has 3 N–H and O–H groups in total. The molecule has 0 spiro atoms. The summed E-state index contributed by atoms with van der Waals surface area (Å²) in [6, 6.07) is 3.52. The zero-order valence-electron chi connectivity index (χ0n) is 12.5. The number of nitrogens with two attached hydrogens (primary N) is 1. The molecule has 2 aromatic rings. The number of aromatic nitrogens is 3. The highest BCUT2D eigenvalue weighted by Crippen LogP contribution is 2.14. The number of unbranched alkanes of at least 4 members (excludes halogenated alkanes) is 1. The van der Waals surface area contributed by atoms with Crippen LogP contribution in [0.4, 0.5) is 11.8 Å². The van der Waals surface area contributed by atoms with Gasteiger partial charge < -0.3 is 15.6 Å². The molecule has 2 heterocycles. The predicted octanol–water partition coefficient (Wildman–Crippen LogP) is 1.79. The van der Waals surface area contributed by atoms with Crippen LogP contribution in [0, 0.1) is 6.92 Å². The van der Waals surface area contributed by atoms with Crippen molar-refractivity contribution in [2.75, 3.05) is 17.6 Å². The number of aryl methyl sites for hydroxylation is 1. The van der Waals surface area contributed by atoms with E-state index >= 15 is 0 Å². The molecule has 0 radical (unpaired) electrons. The van der Waals surface area contributed by atoms with Gasteiger partial charge in [0.25, 0.3) is 5.56 Å². The molecule has 2 aromatic heterocycles. The molecule has 0 bridgehead atoms. The molecule has 0 saturated carbocycles. The third-order valence-electron chi connectivity index (χ3n) is 3.20. The Morgan fingerprint density at radius 3 is 2.95 bits per heavy atom. The van der Waals surface area contributed by atoms with Crippen LogP contribution < -0.4 is 16.6 Å². The highest BCUT2D eigenvalue weighted by molar-refractivity contribution is 5.46. The van der Waals surface area contributed by atoms with E-state index in [2.05, 4.69) is 22.2 Å². The van der Waals surface area contributed by atoms with Gasteiger partial charge in [0.05, 0.1) is 6.54 Å². The second kappa shape index (κ2) is 6.88. The predicted molar refractivity (Wildman–Crippen MR) is 84.4 cm³/mol. The molecular formula is C15H21N5O. The van der Waals surface area contributed by atoms with Gasteiger partial charge in [-0.25, -0.2) is 4.98 Å². The summed E-state index contributed by atoms with van der Waals surface area (Å²) in [5.74, 6) is 0.928. The summed E-state index contributed by atoms with van der Waals surface area (Å²) in [5, 5.41) is 3.26. The molecule has 6 heteroatoms. The third kappa shape index (κ3) is 4.05. The van der Waals surface area contributed by atoms with Gasteiger partial charge >= 0.3 is 0 Å². The molecule has 112 valence electrons. The van der Waals surface area contributed by atoms with E-state index < -0.39 is 0 Å². The van der Waals surface area contributed by atoms with Gasteiger partial charge in [-0.15, -0.1) is 0 Å². The molecule has 0 aliphatic rings. The summed E-state index contributed by atoms with van der Waals surface area (Å²) in [4.78, 5) is 20.2. The van der Waals surface area contributed by atoms with Crippen molar-refractivity contribution < 1.29 is 0 Å². The van der Waals surface area contributed by atoms with Crippen molar-refractivity contribution in [3.05, 3.63) is 46.0 Å². The minimum Gasteiger partial charge on any atom is -0.370 e. The van der Waals surface area contributed by atoms with E-state index in [0.717, 1.165) is 30.5 Å². The van der Waals surface area contributed by atoms with Gasteiger partial charge in [-0.3, -0.25) is 4.79 Å². The van der Waals surface area contributed by atoms with Crippen LogP contribution in [-0.4, -0.2) is 21.1 Å². The van der Waals surface area contributed by atoms with E-state index in [1.807, 2.05) is 13.0 Å². The van der Waals surface area contributed by atoms with Crippen LogP contribution in [0.5, 0.6) is 0 Å². The smallest absolute Gasteiger partial charge is 0.251 e. The zero-order valence-corrected chi connectivity index (χ0v) is 12.5. The number of nitrogens with one attached hydrogen (secondary N) is 1. The standard InChI is InChI=1S/C15H21N5O/c1-3-4-6-17-14-12(9-18-15(16)19-14)10-20-7-5-11(2)8-13(20)21/h5,7-9H,3-4,6,10H2,1-2H3,(H3,16,17,18,19). The first-order valence-corrected chi connectivity index (χ1v) is 7.12. The van der Waals surface area contributed by atoms with Crippen molar-refractivity contribution in [3.8, 4) is 0 Å². The minimum atomic E-state index is -0.0358. The van der Waals surface area contributed by atoms with Gasteiger partial charge in [0.15, 0.2) is 0 Å². The van der Waals surface area contributed by atoms with Crippen molar-refractivity contribution in [1.29, 1.82) is 0 Å². The van der Waals surface area contributed by atoms with E-state index in [9.17, 15) is 4.79 Å². The van der Waals surface area contributed by atoms with Crippen LogP contribution in [0.2, 0.25) is 0 Å². The van der Waals surface area contributed by atoms with Crippen molar-refractivity contribution >= 4 is 11.8 Å². The SMILES string of the molecule is CCCCNc1nc(N)ncc1Cn1ccc(C)cc1=O. The van der Waals surface area contributed by atoms with Crippen molar-refractivity contribution in [3.63, 3.8) is 0 Å². The molecule has 0 aliphatic heterocycles. The largest absolute Gasteiger partial charge is 0.370 e. The molecule has 0 amide bonds. The Kier molecular flexibility index (Phi) is 4.92. The highest BCUT2D eigenvalue weighted by Gasteiger charge is 2.07. The molecule has 0 aliphatic carbocycles. The topological polar surface area (TPSA) is 85.8 Å². The van der Waals surface area contributed by atoms with Gasteiger partial charge in [-0.2, -0.15) is 4.98 Å². The maximum absolute atomic E-state index is 12.0. The van der Waals surface area contributed by atoms with Crippen molar-refractivity contribution in [2.24, 2.45) is 0 Å². The Morgan fingerprint density at radius 2 is 2.24 bits per heavy atom. The number of hydrogen-bond acceptors (Lipinski definition) is 5. The Hall–Kier alpha value is -2.37. The monoisotopic (exact) mass is 287 g/mol. The Bertz CT molecular complexity index is 665. The number of pyridine rings is 1. The first-order chi connectivity index (χ1) is 10.1. The molecule has 2 rings (SSSR count). The summed E-state index contributed by atoms with van der Waals surface area (Å²) in [6.07, 6.45) is 5.60. The molecule has 0 atom stereocenters. The van der Waals surface area contributed by atoms with E-state index in [4.69, 9.17) is 5.73 Å². The van der Waals surface area contributed by atoms with Crippen LogP contribution in [0.25, 0.3) is 0 Å². The molecule has 0 saturated heterocycles. The number of rotatable bonds is 6. The lowest BCUT2D eigenvalue weighted by atomic mass is 10.2. The zero-order chi connectivity index (χ0) is 15.2. The second-order valence-electron chi connectivity index (χ2n) is 5.05. The summed E-state index contributed by atoms with van der Waals surface area (Å²) in [7, 11) is 0. The highest BCUT2D eigenvalue weighted by atomic mass is 16.1. The molecular weight excluding hydrogens is 266 g/mol. The van der Waals surface area contributed by atoms with E-state index in [1.165, 1.54) is 0 Å². The number of hydrogen-bond donors (Lipinski definition) is 2. The molecule has 21 heavy (non-hydrogen) atoms. The minimum absolute atomic E-state index is 0.0358. The summed E-state index contributed by atoms with van der Waals surface area (Å²) in [5.41, 5.74) is 7.41. The van der Waals surface area contributed by atoms with Crippen LogP contribution >= 0.6 is 0 Å². The van der Waals surface area contributed by atoms with Gasteiger partial charge in [0.1, 0.15) is 5.82 Å². The fraction of sp³-hybridized carbons (Fsp3) is 0.400. The van der Waals surface area contributed by atoms with Crippen LogP contribution in [0.15, 0.2) is 29.3 Å². The van der Waals surface area contributed by atoms with Crippen LogP contribution in [-0.2, 0) is 6.54 Å². The maximum Gasteiger partial charge on any atom is 0.251 e. The average molecular weight is 287 g/mol. The van der Waals surface area contributed by atoms with Crippen LogP contribution in [0.3, 0.4) is 0 Å². The molecule has 0 unspecified atom stereocenters. The van der Waals surface area contributed by atoms with E-state index in [1.54, 1.807) is 23.0 Å². The second-order valence-corrected chi connectivity index (χ2v) is 5.05. The van der Waals surface area contributed by atoms with Crippen molar-refractivity contribution in [1.82, 2.24) is 14.5 Å². The van der Waals surface area contributed by atoms with Gasteiger partial charge in [-0.05, 0) is 25.0 Å². The summed E-state index contributed by atoms with van der Waals surface area (Å²) in [6.45, 7) is 5.27. The number of anilines is 2. The lowest BCUT2D eigenvalue weighted by Crippen LogP contribution is -2.20. The first kappa shape index (κ1) is 15.0.